The van der Waals surface area contributed by atoms with Crippen molar-refractivity contribution in [2.75, 3.05) is 31.1 Å². The molecule has 0 radical (unpaired) electrons. The number of amides is 1. The lowest BCUT2D eigenvalue weighted by Crippen LogP contribution is -2.52. The molecule has 2 heterocycles. The fraction of sp³-hybridized carbons (Fsp3) is 0.389. The van der Waals surface area contributed by atoms with Gasteiger partial charge in [-0.3, -0.25) is 9.59 Å². The highest BCUT2D eigenvalue weighted by Crippen LogP contribution is 2.19. The minimum Gasteiger partial charge on any atom is -0.481 e. The molecule has 1 unspecified atom stereocenters. The highest BCUT2D eigenvalue weighted by molar-refractivity contribution is 5.81. The zero-order chi connectivity index (χ0) is 17.8. The Kier molecular flexibility index (Phi) is 5.02. The number of hydrogen-bond acceptors (Lipinski definition) is 5. The maximum absolute atomic E-state index is 12.6. The van der Waals surface area contributed by atoms with E-state index in [0.717, 1.165) is 11.3 Å². The molecule has 1 aromatic heterocycles. The number of rotatable bonds is 4. The van der Waals surface area contributed by atoms with Crippen molar-refractivity contribution in [2.45, 2.75) is 20.0 Å². The quantitative estimate of drug-likeness (QED) is 0.903. The van der Waals surface area contributed by atoms with Crippen molar-refractivity contribution in [1.82, 2.24) is 14.9 Å². The Morgan fingerprint density at radius 3 is 2.64 bits per heavy atom. The van der Waals surface area contributed by atoms with Crippen LogP contribution in [0.15, 0.2) is 41.5 Å². The van der Waals surface area contributed by atoms with Crippen molar-refractivity contribution in [1.29, 1.82) is 0 Å². The van der Waals surface area contributed by atoms with Gasteiger partial charge in [-0.05, 0) is 25.5 Å². The Morgan fingerprint density at radius 1 is 1.24 bits per heavy atom. The number of piperazine rings is 1. The van der Waals surface area contributed by atoms with Crippen LogP contribution in [-0.2, 0) is 4.79 Å². The van der Waals surface area contributed by atoms with Gasteiger partial charge in [0.15, 0.2) is 6.10 Å². The first-order valence-corrected chi connectivity index (χ1v) is 8.35. The van der Waals surface area contributed by atoms with Gasteiger partial charge in [0.2, 0.25) is 0 Å². The van der Waals surface area contributed by atoms with Crippen molar-refractivity contribution >= 4 is 11.7 Å². The maximum Gasteiger partial charge on any atom is 0.263 e. The van der Waals surface area contributed by atoms with E-state index in [4.69, 9.17) is 4.74 Å². The summed E-state index contributed by atoms with van der Waals surface area (Å²) in [5, 5.41) is 0. The Morgan fingerprint density at radius 2 is 1.96 bits per heavy atom. The summed E-state index contributed by atoms with van der Waals surface area (Å²) in [6.07, 6.45) is 0.859. The van der Waals surface area contributed by atoms with E-state index >= 15 is 0 Å². The molecule has 1 aliphatic heterocycles. The molecule has 25 heavy (non-hydrogen) atoms. The summed E-state index contributed by atoms with van der Waals surface area (Å²) < 4.78 is 5.82. The average Bonchev–Trinajstić information content (AvgIpc) is 2.63. The van der Waals surface area contributed by atoms with Crippen molar-refractivity contribution < 1.29 is 9.53 Å². The highest BCUT2D eigenvalue weighted by atomic mass is 16.5. The highest BCUT2D eigenvalue weighted by Gasteiger charge is 2.26. The van der Waals surface area contributed by atoms with E-state index in [1.165, 1.54) is 12.4 Å². The number of hydrogen-bond donors (Lipinski definition) is 1. The predicted octanol–water partition coefficient (Wildman–Crippen LogP) is 1.19. The van der Waals surface area contributed by atoms with Crippen LogP contribution in [0.25, 0.3) is 0 Å². The number of aromatic amines is 1. The van der Waals surface area contributed by atoms with Gasteiger partial charge in [-0.1, -0.05) is 18.2 Å². The number of benzene rings is 1. The smallest absolute Gasteiger partial charge is 0.263 e. The summed E-state index contributed by atoms with van der Waals surface area (Å²) in [4.78, 5) is 34.5. The molecule has 1 aromatic carbocycles. The van der Waals surface area contributed by atoms with Crippen LogP contribution in [0, 0.1) is 6.92 Å². The van der Waals surface area contributed by atoms with Crippen LogP contribution in [0.4, 0.5) is 5.82 Å². The van der Waals surface area contributed by atoms with Crippen LogP contribution in [0.3, 0.4) is 0 Å². The first kappa shape index (κ1) is 17.0. The third kappa shape index (κ3) is 3.99. The lowest BCUT2D eigenvalue weighted by Gasteiger charge is -2.36. The number of aromatic nitrogens is 2. The number of para-hydroxylation sites is 1. The summed E-state index contributed by atoms with van der Waals surface area (Å²) in [5.74, 6) is 1.34. The minimum atomic E-state index is -0.537. The molecule has 7 nitrogen and oxygen atoms in total. The Hall–Kier alpha value is -2.83. The van der Waals surface area contributed by atoms with Crippen LogP contribution in [0.5, 0.6) is 5.75 Å². The molecular weight excluding hydrogens is 320 g/mol. The van der Waals surface area contributed by atoms with Crippen molar-refractivity contribution in [3.63, 3.8) is 0 Å². The molecule has 1 atom stereocenters. The van der Waals surface area contributed by atoms with Crippen LogP contribution in [0.1, 0.15) is 12.5 Å². The van der Waals surface area contributed by atoms with Crippen LogP contribution in [-0.4, -0.2) is 53.1 Å². The zero-order valence-electron chi connectivity index (χ0n) is 14.4. The normalized spacial score (nSPS) is 15.8. The molecule has 132 valence electrons. The fourth-order valence-electron chi connectivity index (χ4n) is 2.87. The molecule has 0 bridgehead atoms. The molecular formula is C18H22N4O3. The van der Waals surface area contributed by atoms with Crippen LogP contribution >= 0.6 is 0 Å². The first-order chi connectivity index (χ1) is 12.0. The van der Waals surface area contributed by atoms with Gasteiger partial charge in [0.1, 0.15) is 11.6 Å². The van der Waals surface area contributed by atoms with E-state index in [-0.39, 0.29) is 11.5 Å². The Labute approximate surface area is 146 Å². The topological polar surface area (TPSA) is 78.5 Å². The molecule has 0 saturated carbocycles. The molecule has 1 amide bonds. The number of nitrogens with zero attached hydrogens (tertiary/aromatic N) is 3. The van der Waals surface area contributed by atoms with E-state index in [1.807, 2.05) is 36.1 Å². The molecule has 1 saturated heterocycles. The zero-order valence-corrected chi connectivity index (χ0v) is 14.4. The second kappa shape index (κ2) is 7.38. The molecule has 1 aliphatic rings. The summed E-state index contributed by atoms with van der Waals surface area (Å²) in [6, 6.07) is 9.14. The minimum absolute atomic E-state index is 0.0261. The molecule has 7 heteroatoms. The van der Waals surface area contributed by atoms with Gasteiger partial charge in [-0.25, -0.2) is 4.98 Å². The first-order valence-electron chi connectivity index (χ1n) is 8.35. The Bertz CT molecular complexity index is 797. The molecule has 2 aromatic rings. The molecule has 1 N–H and O–H groups in total. The predicted molar refractivity (Wildman–Crippen MR) is 94.9 cm³/mol. The average molecular weight is 342 g/mol. The third-order valence-electron chi connectivity index (χ3n) is 4.32. The number of anilines is 1. The SMILES string of the molecule is Cc1ccccc1OC(C)C(=O)N1CCN(c2cc(=O)[nH]cn2)CC1. The monoisotopic (exact) mass is 342 g/mol. The lowest BCUT2D eigenvalue weighted by molar-refractivity contribution is -0.138. The molecule has 1 fully saturated rings. The number of carbonyl (C=O) groups excluding carboxylic acids is 1. The standard InChI is InChI=1S/C18H22N4O3/c1-13-5-3-4-6-15(13)25-14(2)18(24)22-9-7-21(8-10-22)16-11-17(23)20-12-19-16/h3-6,11-12,14H,7-10H2,1-2H3,(H,19,20,23). The van der Waals surface area contributed by atoms with Crippen molar-refractivity contribution in [3.05, 3.63) is 52.6 Å². The van der Waals surface area contributed by atoms with Gasteiger partial charge >= 0.3 is 0 Å². The largest absolute Gasteiger partial charge is 0.481 e. The number of H-pyrrole nitrogens is 1. The van der Waals surface area contributed by atoms with Crippen molar-refractivity contribution in [2.24, 2.45) is 0 Å². The van der Waals surface area contributed by atoms with Crippen LogP contribution in [0.2, 0.25) is 0 Å². The molecule has 0 aliphatic carbocycles. The summed E-state index contributed by atoms with van der Waals surface area (Å²) in [6.45, 7) is 6.17. The number of aryl methyl sites for hydroxylation is 1. The summed E-state index contributed by atoms with van der Waals surface area (Å²) in [5.41, 5.74) is 0.830. The third-order valence-corrected chi connectivity index (χ3v) is 4.32. The second-order valence-electron chi connectivity index (χ2n) is 6.11. The second-order valence-corrected chi connectivity index (χ2v) is 6.11. The molecule has 0 spiro atoms. The van der Waals surface area contributed by atoms with Gasteiger partial charge in [-0.15, -0.1) is 0 Å². The summed E-state index contributed by atoms with van der Waals surface area (Å²) >= 11 is 0. The van der Waals surface area contributed by atoms with E-state index < -0.39 is 6.10 Å². The Balaban J connectivity index is 1.58. The van der Waals surface area contributed by atoms with Crippen LogP contribution < -0.4 is 15.2 Å². The summed E-state index contributed by atoms with van der Waals surface area (Å²) in [7, 11) is 0. The van der Waals surface area contributed by atoms with Gasteiger partial charge in [0, 0.05) is 32.2 Å². The lowest BCUT2D eigenvalue weighted by atomic mass is 10.2. The van der Waals surface area contributed by atoms with E-state index in [0.29, 0.717) is 32.0 Å². The van der Waals surface area contributed by atoms with Gasteiger partial charge in [0.05, 0.1) is 6.33 Å². The van der Waals surface area contributed by atoms with E-state index in [1.54, 1.807) is 11.8 Å². The van der Waals surface area contributed by atoms with Gasteiger partial charge in [-0.2, -0.15) is 0 Å². The number of ether oxygens (including phenoxy) is 1. The maximum atomic E-state index is 12.6. The van der Waals surface area contributed by atoms with Gasteiger partial charge < -0.3 is 19.5 Å². The van der Waals surface area contributed by atoms with Gasteiger partial charge in [0.25, 0.3) is 11.5 Å². The van der Waals surface area contributed by atoms with E-state index in [2.05, 4.69) is 9.97 Å². The number of carbonyl (C=O) groups is 1. The van der Waals surface area contributed by atoms with E-state index in [9.17, 15) is 9.59 Å². The number of nitrogens with one attached hydrogen (secondary N) is 1. The van der Waals surface area contributed by atoms with Crippen molar-refractivity contribution in [3.8, 4) is 5.75 Å². The fourth-order valence-corrected chi connectivity index (χ4v) is 2.87. The molecule has 3 rings (SSSR count).